The molecule has 2 aromatic carbocycles. The van der Waals surface area contributed by atoms with Crippen LogP contribution in [0.4, 0.5) is 0 Å². The van der Waals surface area contributed by atoms with E-state index in [-0.39, 0.29) is 12.4 Å². The summed E-state index contributed by atoms with van der Waals surface area (Å²) in [5, 5.41) is 0. The number of fused-ring (bicyclic) bond motifs is 1. The molecule has 0 spiro atoms. The molecule has 0 atom stereocenters. The molecular weight excluding hydrogens is 402 g/mol. The van der Waals surface area contributed by atoms with Gasteiger partial charge in [-0.15, -0.1) is 12.4 Å². The molecule has 164 valence electrons. The van der Waals surface area contributed by atoms with Crippen molar-refractivity contribution in [2.75, 3.05) is 33.0 Å². The average Bonchev–Trinajstić information content (AvgIpc) is 2.71. The van der Waals surface area contributed by atoms with Gasteiger partial charge >= 0.3 is 0 Å². The van der Waals surface area contributed by atoms with Crippen LogP contribution in [-0.2, 0) is 12.8 Å². The number of halogens is 1. The number of rotatable bonds is 10. The number of aliphatic imine (C=N–C) groups is 1. The minimum atomic E-state index is 0. The Morgan fingerprint density at radius 1 is 0.733 bits per heavy atom. The lowest BCUT2D eigenvalue weighted by Crippen LogP contribution is -2.16. The highest BCUT2D eigenvalue weighted by atomic mass is 35.5. The fourth-order valence-electron chi connectivity index (χ4n) is 3.56. The summed E-state index contributed by atoms with van der Waals surface area (Å²) in [7, 11) is 0. The summed E-state index contributed by atoms with van der Waals surface area (Å²) in [6.45, 7) is 11.2. The largest absolute Gasteiger partial charge is 0.490 e. The van der Waals surface area contributed by atoms with Gasteiger partial charge in [0.2, 0.25) is 0 Å². The third kappa shape index (κ3) is 5.60. The molecule has 0 amide bonds. The SMILES string of the molecule is CCOc1ccc(CC2=NCCc3cc(OCC)c(OCC)cc32)cc1OCC.Cl. The van der Waals surface area contributed by atoms with Gasteiger partial charge in [-0.1, -0.05) is 6.07 Å². The summed E-state index contributed by atoms with van der Waals surface area (Å²) in [6.07, 6.45) is 1.65. The smallest absolute Gasteiger partial charge is 0.161 e. The summed E-state index contributed by atoms with van der Waals surface area (Å²) in [4.78, 5) is 4.83. The van der Waals surface area contributed by atoms with Crippen LogP contribution in [0.5, 0.6) is 23.0 Å². The van der Waals surface area contributed by atoms with Gasteiger partial charge in [0.25, 0.3) is 0 Å². The number of ether oxygens (including phenoxy) is 4. The third-order valence-electron chi connectivity index (χ3n) is 4.74. The zero-order valence-corrected chi connectivity index (χ0v) is 19.1. The molecule has 5 nitrogen and oxygen atoms in total. The van der Waals surface area contributed by atoms with Gasteiger partial charge in [-0.05, 0) is 69.5 Å². The zero-order valence-electron chi connectivity index (χ0n) is 18.3. The predicted molar refractivity (Wildman–Crippen MR) is 124 cm³/mol. The van der Waals surface area contributed by atoms with Crippen molar-refractivity contribution in [1.29, 1.82) is 0 Å². The summed E-state index contributed by atoms with van der Waals surface area (Å²) < 4.78 is 23.1. The van der Waals surface area contributed by atoms with E-state index in [1.807, 2.05) is 33.8 Å². The monoisotopic (exact) mass is 433 g/mol. The van der Waals surface area contributed by atoms with E-state index in [0.29, 0.717) is 26.4 Å². The molecule has 2 aromatic rings. The first-order valence-corrected chi connectivity index (χ1v) is 10.5. The molecule has 30 heavy (non-hydrogen) atoms. The normalized spacial score (nSPS) is 12.3. The summed E-state index contributed by atoms with van der Waals surface area (Å²) >= 11 is 0. The molecule has 0 aliphatic carbocycles. The Labute approximate surface area is 185 Å². The maximum Gasteiger partial charge on any atom is 0.161 e. The van der Waals surface area contributed by atoms with Gasteiger partial charge in [0.15, 0.2) is 23.0 Å². The molecule has 0 saturated heterocycles. The van der Waals surface area contributed by atoms with Crippen molar-refractivity contribution in [3.05, 3.63) is 47.0 Å². The van der Waals surface area contributed by atoms with Crippen LogP contribution in [0.1, 0.15) is 44.4 Å². The lowest BCUT2D eigenvalue weighted by Gasteiger charge is -2.21. The van der Waals surface area contributed by atoms with Crippen LogP contribution in [0, 0.1) is 0 Å². The van der Waals surface area contributed by atoms with E-state index in [9.17, 15) is 0 Å². The lowest BCUT2D eigenvalue weighted by molar-refractivity contribution is 0.287. The lowest BCUT2D eigenvalue weighted by atomic mass is 9.93. The number of hydrogen-bond acceptors (Lipinski definition) is 5. The van der Waals surface area contributed by atoms with Crippen LogP contribution >= 0.6 is 12.4 Å². The Bertz CT molecular complexity index is 867. The van der Waals surface area contributed by atoms with Gasteiger partial charge in [0.1, 0.15) is 0 Å². The second-order valence-corrected chi connectivity index (χ2v) is 6.72. The van der Waals surface area contributed by atoms with Crippen molar-refractivity contribution in [3.8, 4) is 23.0 Å². The molecule has 6 heteroatoms. The maximum absolute atomic E-state index is 5.83. The van der Waals surface area contributed by atoms with Gasteiger partial charge in [0, 0.05) is 24.2 Å². The molecule has 0 bridgehead atoms. The van der Waals surface area contributed by atoms with Crippen molar-refractivity contribution in [2.24, 2.45) is 4.99 Å². The van der Waals surface area contributed by atoms with Gasteiger partial charge in [-0.3, -0.25) is 4.99 Å². The molecule has 0 saturated carbocycles. The molecule has 1 heterocycles. The first-order valence-electron chi connectivity index (χ1n) is 10.5. The van der Waals surface area contributed by atoms with Crippen molar-refractivity contribution >= 4 is 18.1 Å². The topological polar surface area (TPSA) is 49.3 Å². The average molecular weight is 434 g/mol. The summed E-state index contributed by atoms with van der Waals surface area (Å²) in [5.41, 5.74) is 4.63. The van der Waals surface area contributed by atoms with Crippen LogP contribution in [0.2, 0.25) is 0 Å². The summed E-state index contributed by atoms with van der Waals surface area (Å²) in [5.74, 6) is 3.16. The Morgan fingerprint density at radius 2 is 1.30 bits per heavy atom. The van der Waals surface area contributed by atoms with E-state index in [1.165, 1.54) is 5.56 Å². The van der Waals surface area contributed by atoms with E-state index in [2.05, 4.69) is 24.3 Å². The first-order chi connectivity index (χ1) is 14.2. The number of benzene rings is 2. The second kappa shape index (κ2) is 11.7. The maximum atomic E-state index is 5.83. The van der Waals surface area contributed by atoms with E-state index < -0.39 is 0 Å². The van der Waals surface area contributed by atoms with Crippen LogP contribution in [-0.4, -0.2) is 38.7 Å². The van der Waals surface area contributed by atoms with E-state index in [4.69, 9.17) is 23.9 Å². The third-order valence-corrected chi connectivity index (χ3v) is 4.74. The quantitative estimate of drug-likeness (QED) is 0.510. The minimum Gasteiger partial charge on any atom is -0.490 e. The summed E-state index contributed by atoms with van der Waals surface area (Å²) in [6, 6.07) is 10.3. The standard InChI is InChI=1S/C24H31NO4.ClH/c1-5-26-21-10-9-17(14-22(21)27-6-2)13-20-19-16-24(29-8-4)23(28-7-3)15-18(19)11-12-25-20;/h9-10,14-16H,5-8,11-13H2,1-4H3;1H. The van der Waals surface area contributed by atoms with Crippen molar-refractivity contribution in [3.63, 3.8) is 0 Å². The van der Waals surface area contributed by atoms with Crippen LogP contribution in [0.15, 0.2) is 35.3 Å². The molecular formula is C24H32ClNO4. The minimum absolute atomic E-state index is 0. The Balaban J connectivity index is 0.00000320. The van der Waals surface area contributed by atoms with E-state index in [1.54, 1.807) is 0 Å². The Kier molecular flexibility index (Phi) is 9.31. The van der Waals surface area contributed by atoms with Gasteiger partial charge in [-0.2, -0.15) is 0 Å². The molecule has 0 unspecified atom stereocenters. The van der Waals surface area contributed by atoms with Gasteiger partial charge < -0.3 is 18.9 Å². The molecule has 0 N–H and O–H groups in total. The number of hydrogen-bond donors (Lipinski definition) is 0. The van der Waals surface area contributed by atoms with Gasteiger partial charge in [0.05, 0.1) is 26.4 Å². The zero-order chi connectivity index (χ0) is 20.6. The molecule has 0 aromatic heterocycles. The van der Waals surface area contributed by atoms with E-state index >= 15 is 0 Å². The number of nitrogens with zero attached hydrogens (tertiary/aromatic N) is 1. The van der Waals surface area contributed by atoms with Crippen LogP contribution in [0.25, 0.3) is 0 Å². The predicted octanol–water partition coefficient (Wildman–Crippen LogP) is 5.29. The molecule has 1 aliphatic rings. The molecule has 1 aliphatic heterocycles. The first kappa shape index (κ1) is 23.9. The molecule has 3 rings (SSSR count). The Hall–Kier alpha value is -2.40. The molecule has 0 fully saturated rings. The van der Waals surface area contributed by atoms with Crippen LogP contribution in [0.3, 0.4) is 0 Å². The highest BCUT2D eigenvalue weighted by molar-refractivity contribution is 6.04. The fourth-order valence-corrected chi connectivity index (χ4v) is 3.56. The van der Waals surface area contributed by atoms with E-state index in [0.717, 1.165) is 59.2 Å². The van der Waals surface area contributed by atoms with Gasteiger partial charge in [-0.25, -0.2) is 0 Å². The highest BCUT2D eigenvalue weighted by Gasteiger charge is 2.20. The Morgan fingerprint density at radius 3 is 1.93 bits per heavy atom. The van der Waals surface area contributed by atoms with Crippen molar-refractivity contribution < 1.29 is 18.9 Å². The van der Waals surface area contributed by atoms with Crippen molar-refractivity contribution in [2.45, 2.75) is 40.5 Å². The highest BCUT2D eigenvalue weighted by Crippen LogP contribution is 2.34. The molecule has 0 radical (unpaired) electrons. The fraction of sp³-hybridized carbons (Fsp3) is 0.458. The second-order valence-electron chi connectivity index (χ2n) is 6.72. The van der Waals surface area contributed by atoms with Crippen LogP contribution < -0.4 is 18.9 Å². The van der Waals surface area contributed by atoms with Crippen molar-refractivity contribution in [1.82, 2.24) is 0 Å².